The van der Waals surface area contributed by atoms with Crippen LogP contribution in [0.25, 0.3) is 0 Å². The molecule has 0 radical (unpaired) electrons. The van der Waals surface area contributed by atoms with E-state index in [1.807, 2.05) is 58.0 Å². The molecule has 3 aromatic rings. The van der Waals surface area contributed by atoms with Gasteiger partial charge in [-0.3, -0.25) is 13.9 Å². The van der Waals surface area contributed by atoms with Crippen molar-refractivity contribution in [2.75, 3.05) is 10.8 Å². The topological polar surface area (TPSA) is 86.8 Å². The number of hydrogen-bond acceptors (Lipinski definition) is 4. The summed E-state index contributed by atoms with van der Waals surface area (Å²) in [6.45, 7) is 7.42. The second-order valence-corrected chi connectivity index (χ2v) is 13.3. The van der Waals surface area contributed by atoms with Crippen molar-refractivity contribution in [3.8, 4) is 0 Å². The van der Waals surface area contributed by atoms with Gasteiger partial charge in [0.2, 0.25) is 11.8 Å². The van der Waals surface area contributed by atoms with Gasteiger partial charge in [-0.1, -0.05) is 85.8 Å². The first-order valence-corrected chi connectivity index (χ1v) is 16.3. The monoisotopic (exact) mass is 589 g/mol. The number of nitrogens with zero attached hydrogens (tertiary/aromatic N) is 2. The molecule has 1 aliphatic carbocycles. The van der Waals surface area contributed by atoms with Crippen LogP contribution in [-0.4, -0.2) is 43.8 Å². The van der Waals surface area contributed by atoms with Crippen molar-refractivity contribution in [3.63, 3.8) is 0 Å². The van der Waals surface area contributed by atoms with Crippen LogP contribution in [0.15, 0.2) is 77.7 Å². The second kappa shape index (κ2) is 14.0. The zero-order valence-electron chi connectivity index (χ0n) is 25.2. The van der Waals surface area contributed by atoms with Crippen LogP contribution in [-0.2, 0) is 26.2 Å². The Bertz CT molecular complexity index is 1480. The molecule has 0 saturated heterocycles. The van der Waals surface area contributed by atoms with Crippen molar-refractivity contribution in [2.45, 2.75) is 89.7 Å². The number of sulfonamides is 1. The molecule has 1 atom stereocenters. The lowest BCUT2D eigenvalue weighted by Crippen LogP contribution is -2.54. The predicted octanol–water partition coefficient (Wildman–Crippen LogP) is 6.06. The SMILES string of the molecule is CC[C@@H](C(=O)NC1CCCCC1)N(Cc1cccc(C)c1)C(=O)CN(c1cccc(C)c1)S(=O)(=O)c1ccc(C)cc1. The third kappa shape index (κ3) is 7.79. The Morgan fingerprint density at radius 2 is 1.50 bits per heavy atom. The van der Waals surface area contributed by atoms with Crippen molar-refractivity contribution in [1.82, 2.24) is 10.2 Å². The van der Waals surface area contributed by atoms with Gasteiger partial charge in [0, 0.05) is 12.6 Å². The zero-order chi connectivity index (χ0) is 30.3. The van der Waals surface area contributed by atoms with E-state index in [1.54, 1.807) is 47.4 Å². The number of aryl methyl sites for hydroxylation is 3. The lowest BCUT2D eigenvalue weighted by atomic mass is 9.95. The van der Waals surface area contributed by atoms with Crippen LogP contribution in [0, 0.1) is 20.8 Å². The molecule has 3 aromatic carbocycles. The Morgan fingerprint density at radius 1 is 0.857 bits per heavy atom. The predicted molar refractivity (Wildman–Crippen MR) is 168 cm³/mol. The Kier molecular flexibility index (Phi) is 10.4. The van der Waals surface area contributed by atoms with Gasteiger partial charge in [-0.2, -0.15) is 0 Å². The van der Waals surface area contributed by atoms with Crippen LogP contribution < -0.4 is 9.62 Å². The molecule has 4 rings (SSSR count). The van der Waals surface area contributed by atoms with Gasteiger partial charge in [0.25, 0.3) is 10.0 Å². The van der Waals surface area contributed by atoms with Crippen LogP contribution in [0.5, 0.6) is 0 Å². The summed E-state index contributed by atoms with van der Waals surface area (Å²) in [6, 6.07) is 20.9. The van der Waals surface area contributed by atoms with E-state index in [4.69, 9.17) is 0 Å². The van der Waals surface area contributed by atoms with E-state index in [0.717, 1.165) is 47.9 Å². The lowest BCUT2D eigenvalue weighted by Gasteiger charge is -2.34. The summed E-state index contributed by atoms with van der Waals surface area (Å²) in [5.74, 6) is -0.617. The number of amides is 2. The zero-order valence-corrected chi connectivity index (χ0v) is 26.0. The normalized spacial score (nSPS) is 14.7. The molecule has 1 fully saturated rings. The molecule has 1 saturated carbocycles. The maximum absolute atomic E-state index is 14.3. The van der Waals surface area contributed by atoms with Gasteiger partial charge in [-0.25, -0.2) is 8.42 Å². The van der Waals surface area contributed by atoms with E-state index in [2.05, 4.69) is 5.32 Å². The number of rotatable bonds is 11. The molecule has 0 bridgehead atoms. The number of hydrogen-bond donors (Lipinski definition) is 1. The maximum atomic E-state index is 14.3. The quantitative estimate of drug-likeness (QED) is 0.294. The third-order valence-corrected chi connectivity index (χ3v) is 9.74. The van der Waals surface area contributed by atoms with Gasteiger partial charge >= 0.3 is 0 Å². The number of nitrogens with one attached hydrogen (secondary N) is 1. The Hall–Kier alpha value is -3.65. The molecular formula is C34H43N3O4S. The van der Waals surface area contributed by atoms with Crippen LogP contribution in [0.1, 0.15) is 67.7 Å². The number of benzene rings is 3. The van der Waals surface area contributed by atoms with Crippen LogP contribution in [0.4, 0.5) is 5.69 Å². The molecule has 8 heteroatoms. The van der Waals surface area contributed by atoms with Gasteiger partial charge in [0.1, 0.15) is 12.6 Å². The van der Waals surface area contributed by atoms with Crippen molar-refractivity contribution >= 4 is 27.5 Å². The van der Waals surface area contributed by atoms with Gasteiger partial charge in [-0.15, -0.1) is 0 Å². The molecular weight excluding hydrogens is 546 g/mol. The van der Waals surface area contributed by atoms with Crippen LogP contribution in [0.2, 0.25) is 0 Å². The lowest BCUT2D eigenvalue weighted by molar-refractivity contribution is -0.140. The Balaban J connectivity index is 1.71. The highest BCUT2D eigenvalue weighted by atomic mass is 32.2. The summed E-state index contributed by atoms with van der Waals surface area (Å²) in [5.41, 5.74) is 4.14. The Morgan fingerprint density at radius 3 is 2.12 bits per heavy atom. The molecule has 7 nitrogen and oxygen atoms in total. The smallest absolute Gasteiger partial charge is 0.264 e. The molecule has 2 amide bonds. The molecule has 1 aliphatic rings. The first kappa shape index (κ1) is 31.3. The van der Waals surface area contributed by atoms with E-state index >= 15 is 0 Å². The first-order chi connectivity index (χ1) is 20.1. The van der Waals surface area contributed by atoms with E-state index in [0.29, 0.717) is 12.1 Å². The Labute approximate surface area is 251 Å². The van der Waals surface area contributed by atoms with Gasteiger partial charge in [-0.05, 0) is 75.4 Å². The molecule has 0 aromatic heterocycles. The fourth-order valence-electron chi connectivity index (χ4n) is 5.62. The van der Waals surface area contributed by atoms with Crippen LogP contribution in [0.3, 0.4) is 0 Å². The average Bonchev–Trinajstić information content (AvgIpc) is 2.96. The molecule has 42 heavy (non-hydrogen) atoms. The van der Waals surface area contributed by atoms with E-state index < -0.39 is 28.5 Å². The van der Waals surface area contributed by atoms with E-state index in [9.17, 15) is 18.0 Å². The van der Waals surface area contributed by atoms with Gasteiger partial charge < -0.3 is 10.2 Å². The minimum atomic E-state index is -4.09. The second-order valence-electron chi connectivity index (χ2n) is 11.4. The molecule has 0 aliphatic heterocycles. The first-order valence-electron chi connectivity index (χ1n) is 14.9. The molecule has 0 spiro atoms. The van der Waals surface area contributed by atoms with Crippen molar-refractivity contribution in [3.05, 3.63) is 95.1 Å². The molecule has 0 heterocycles. The summed E-state index contributed by atoms with van der Waals surface area (Å²) >= 11 is 0. The minimum absolute atomic E-state index is 0.0990. The molecule has 1 N–H and O–H groups in total. The standard InChI is InChI=1S/C34H43N3O4S/c1-5-32(34(39)35-29-14-7-6-8-15-29)36(23-28-13-9-11-26(3)21-28)33(38)24-37(30-16-10-12-27(4)22-30)42(40,41)31-19-17-25(2)18-20-31/h9-13,16-22,29,32H,5-8,14-15,23-24H2,1-4H3,(H,35,39)/t32-/m0/s1. The fraction of sp³-hybridized carbons (Fsp3) is 0.412. The number of anilines is 1. The van der Waals surface area contributed by atoms with Crippen molar-refractivity contribution in [2.24, 2.45) is 0 Å². The summed E-state index contributed by atoms with van der Waals surface area (Å²) < 4.78 is 29.2. The average molecular weight is 590 g/mol. The fourth-order valence-corrected chi connectivity index (χ4v) is 7.03. The maximum Gasteiger partial charge on any atom is 0.264 e. The van der Waals surface area contributed by atoms with E-state index in [1.165, 1.54) is 10.7 Å². The largest absolute Gasteiger partial charge is 0.352 e. The van der Waals surface area contributed by atoms with Crippen LogP contribution >= 0.6 is 0 Å². The number of carbonyl (C=O) groups is 2. The van der Waals surface area contributed by atoms with Crippen molar-refractivity contribution in [1.29, 1.82) is 0 Å². The summed E-state index contributed by atoms with van der Waals surface area (Å²) in [5, 5.41) is 3.19. The molecule has 224 valence electrons. The summed E-state index contributed by atoms with van der Waals surface area (Å²) in [6.07, 6.45) is 5.61. The highest BCUT2D eigenvalue weighted by Gasteiger charge is 2.34. The molecule has 0 unspecified atom stereocenters. The van der Waals surface area contributed by atoms with Gasteiger partial charge in [0.15, 0.2) is 0 Å². The van der Waals surface area contributed by atoms with Gasteiger partial charge in [0.05, 0.1) is 10.6 Å². The summed E-state index contributed by atoms with van der Waals surface area (Å²) in [7, 11) is -4.09. The van der Waals surface area contributed by atoms with E-state index in [-0.39, 0.29) is 23.4 Å². The van der Waals surface area contributed by atoms with Crippen molar-refractivity contribution < 1.29 is 18.0 Å². The minimum Gasteiger partial charge on any atom is -0.352 e. The summed E-state index contributed by atoms with van der Waals surface area (Å²) in [4.78, 5) is 29.6. The number of carbonyl (C=O) groups excluding carboxylic acids is 2. The highest BCUT2D eigenvalue weighted by Crippen LogP contribution is 2.26. The highest BCUT2D eigenvalue weighted by molar-refractivity contribution is 7.92. The third-order valence-electron chi connectivity index (χ3n) is 7.95.